The maximum absolute atomic E-state index is 5.96. The van der Waals surface area contributed by atoms with Gasteiger partial charge in [0.15, 0.2) is 0 Å². The number of rotatable bonds is 3. The molecule has 0 fully saturated rings. The zero-order valence-corrected chi connectivity index (χ0v) is 8.58. The van der Waals surface area contributed by atoms with Gasteiger partial charge in [-0.25, -0.2) is 0 Å². The van der Waals surface area contributed by atoms with E-state index in [1.54, 1.807) is 17.8 Å². The Balaban J connectivity index is 2.72. The van der Waals surface area contributed by atoms with Crippen LogP contribution in [0.5, 0.6) is 0 Å². The second kappa shape index (κ2) is 4.63. The molecule has 0 radical (unpaired) electrons. The van der Waals surface area contributed by atoms with Gasteiger partial charge < -0.3 is 5.73 Å². The van der Waals surface area contributed by atoms with E-state index < -0.39 is 0 Å². The molecular weight excluding hydrogens is 190 g/mol. The second-order valence-corrected chi connectivity index (χ2v) is 4.08. The van der Waals surface area contributed by atoms with Gasteiger partial charge in [-0.2, -0.15) is 0 Å². The molecule has 0 saturated carbocycles. The van der Waals surface area contributed by atoms with E-state index in [-0.39, 0.29) is 0 Å². The molecule has 66 valence electrons. The average molecular weight is 202 g/mol. The number of nitrogen functional groups attached to an aromatic ring is 1. The summed E-state index contributed by atoms with van der Waals surface area (Å²) in [4.78, 5) is 1.12. The Morgan fingerprint density at radius 2 is 2.25 bits per heavy atom. The summed E-state index contributed by atoms with van der Waals surface area (Å²) in [5, 5.41) is 0.758. The van der Waals surface area contributed by atoms with E-state index in [0.717, 1.165) is 27.8 Å². The van der Waals surface area contributed by atoms with Crippen LogP contribution in [0.15, 0.2) is 23.1 Å². The van der Waals surface area contributed by atoms with Gasteiger partial charge in [0.25, 0.3) is 0 Å². The van der Waals surface area contributed by atoms with Gasteiger partial charge in [-0.05, 0) is 30.4 Å². The van der Waals surface area contributed by atoms with Crippen molar-refractivity contribution in [3.63, 3.8) is 0 Å². The number of benzene rings is 1. The van der Waals surface area contributed by atoms with Crippen molar-refractivity contribution in [3.8, 4) is 0 Å². The van der Waals surface area contributed by atoms with E-state index >= 15 is 0 Å². The van der Waals surface area contributed by atoms with Crippen molar-refractivity contribution in [1.82, 2.24) is 0 Å². The quantitative estimate of drug-likeness (QED) is 0.599. The molecule has 1 rings (SSSR count). The van der Waals surface area contributed by atoms with Crippen molar-refractivity contribution in [1.29, 1.82) is 0 Å². The third-order valence-electron chi connectivity index (χ3n) is 1.42. The minimum Gasteiger partial charge on any atom is -0.399 e. The summed E-state index contributed by atoms with van der Waals surface area (Å²) in [6, 6.07) is 5.64. The zero-order chi connectivity index (χ0) is 8.97. The second-order valence-electron chi connectivity index (χ2n) is 2.54. The third-order valence-corrected chi connectivity index (χ3v) is 3.12. The predicted molar refractivity (Wildman–Crippen MR) is 56.9 cm³/mol. The molecule has 12 heavy (non-hydrogen) atoms. The monoisotopic (exact) mass is 201 g/mol. The van der Waals surface area contributed by atoms with Crippen LogP contribution in [0.2, 0.25) is 5.02 Å². The van der Waals surface area contributed by atoms with E-state index in [0.29, 0.717) is 0 Å². The highest BCUT2D eigenvalue weighted by Gasteiger charge is 1.99. The zero-order valence-electron chi connectivity index (χ0n) is 7.01. The first kappa shape index (κ1) is 9.75. The number of anilines is 1. The van der Waals surface area contributed by atoms with Crippen LogP contribution in [-0.4, -0.2) is 5.75 Å². The molecule has 0 heterocycles. The van der Waals surface area contributed by atoms with E-state index in [4.69, 9.17) is 17.3 Å². The summed E-state index contributed by atoms with van der Waals surface area (Å²) in [7, 11) is 0. The molecule has 0 atom stereocenters. The molecule has 0 unspecified atom stereocenters. The summed E-state index contributed by atoms with van der Waals surface area (Å²) in [6.07, 6.45) is 1.16. The van der Waals surface area contributed by atoms with Crippen molar-refractivity contribution >= 4 is 29.1 Å². The topological polar surface area (TPSA) is 26.0 Å². The lowest BCUT2D eigenvalue weighted by molar-refractivity contribution is 1.10. The molecule has 0 spiro atoms. The van der Waals surface area contributed by atoms with Gasteiger partial charge in [-0.15, -0.1) is 11.8 Å². The minimum atomic E-state index is 0.723. The van der Waals surface area contributed by atoms with Crippen LogP contribution in [0.1, 0.15) is 13.3 Å². The van der Waals surface area contributed by atoms with Crippen molar-refractivity contribution in [3.05, 3.63) is 23.2 Å². The molecule has 0 aliphatic carbocycles. The molecule has 0 aliphatic heterocycles. The maximum Gasteiger partial charge on any atom is 0.0562 e. The molecule has 0 aromatic heterocycles. The maximum atomic E-state index is 5.96. The largest absolute Gasteiger partial charge is 0.399 e. The van der Waals surface area contributed by atoms with Crippen LogP contribution >= 0.6 is 23.4 Å². The highest BCUT2D eigenvalue weighted by atomic mass is 35.5. The standard InChI is InChI=1S/C9H12ClNS/c1-2-5-12-9-4-3-7(11)6-8(9)10/h3-4,6H,2,5,11H2,1H3. The fourth-order valence-corrected chi connectivity index (χ4v) is 1.98. The molecule has 1 aromatic carbocycles. The van der Waals surface area contributed by atoms with Gasteiger partial charge in [0, 0.05) is 10.6 Å². The summed E-state index contributed by atoms with van der Waals surface area (Å²) in [5.41, 5.74) is 6.29. The van der Waals surface area contributed by atoms with Gasteiger partial charge in [0.1, 0.15) is 0 Å². The lowest BCUT2D eigenvalue weighted by Gasteiger charge is -2.02. The fraction of sp³-hybridized carbons (Fsp3) is 0.333. The summed E-state index contributed by atoms with van der Waals surface area (Å²) in [6.45, 7) is 2.15. The Kier molecular flexibility index (Phi) is 3.76. The van der Waals surface area contributed by atoms with Crippen molar-refractivity contribution in [2.24, 2.45) is 0 Å². The number of nitrogens with two attached hydrogens (primary N) is 1. The first-order valence-electron chi connectivity index (χ1n) is 3.92. The Labute approximate surface area is 82.3 Å². The van der Waals surface area contributed by atoms with Crippen molar-refractivity contribution in [2.45, 2.75) is 18.2 Å². The minimum absolute atomic E-state index is 0.723. The smallest absolute Gasteiger partial charge is 0.0562 e. The van der Waals surface area contributed by atoms with Crippen LogP contribution in [-0.2, 0) is 0 Å². The number of halogens is 1. The first-order valence-corrected chi connectivity index (χ1v) is 5.28. The molecule has 1 aromatic rings. The lowest BCUT2D eigenvalue weighted by Crippen LogP contribution is -1.85. The van der Waals surface area contributed by atoms with E-state index in [1.165, 1.54) is 0 Å². The lowest BCUT2D eigenvalue weighted by atomic mass is 10.3. The Bertz CT molecular complexity index is 263. The molecule has 0 amide bonds. The molecule has 3 heteroatoms. The number of hydrogen-bond acceptors (Lipinski definition) is 2. The fourth-order valence-electron chi connectivity index (χ4n) is 0.846. The van der Waals surface area contributed by atoms with E-state index in [9.17, 15) is 0 Å². The van der Waals surface area contributed by atoms with Gasteiger partial charge >= 0.3 is 0 Å². The van der Waals surface area contributed by atoms with Gasteiger partial charge in [-0.3, -0.25) is 0 Å². The number of hydrogen-bond donors (Lipinski definition) is 1. The number of thioether (sulfide) groups is 1. The molecule has 2 N–H and O–H groups in total. The van der Waals surface area contributed by atoms with Crippen molar-refractivity contribution in [2.75, 3.05) is 11.5 Å². The van der Waals surface area contributed by atoms with Crippen LogP contribution in [0.4, 0.5) is 5.69 Å². The molecular formula is C9H12ClNS. The van der Waals surface area contributed by atoms with Gasteiger partial charge in [-0.1, -0.05) is 18.5 Å². The molecule has 0 aliphatic rings. The Morgan fingerprint density at radius 1 is 1.50 bits per heavy atom. The highest BCUT2D eigenvalue weighted by Crippen LogP contribution is 2.28. The normalized spacial score (nSPS) is 10.2. The third kappa shape index (κ3) is 2.61. The Morgan fingerprint density at radius 3 is 2.83 bits per heavy atom. The molecule has 1 nitrogen and oxygen atoms in total. The van der Waals surface area contributed by atoms with Crippen LogP contribution in [0, 0.1) is 0 Å². The average Bonchev–Trinajstić information content (AvgIpc) is 2.03. The van der Waals surface area contributed by atoms with Crippen LogP contribution in [0.25, 0.3) is 0 Å². The molecule has 0 saturated heterocycles. The summed E-state index contributed by atoms with van der Waals surface area (Å²) < 4.78 is 0. The van der Waals surface area contributed by atoms with Crippen LogP contribution in [0.3, 0.4) is 0 Å². The highest BCUT2D eigenvalue weighted by molar-refractivity contribution is 7.99. The van der Waals surface area contributed by atoms with Crippen LogP contribution < -0.4 is 5.73 Å². The predicted octanol–water partition coefficient (Wildman–Crippen LogP) is 3.42. The summed E-state index contributed by atoms with van der Waals surface area (Å²) in [5.74, 6) is 1.10. The summed E-state index contributed by atoms with van der Waals surface area (Å²) >= 11 is 7.73. The first-order chi connectivity index (χ1) is 5.74. The van der Waals surface area contributed by atoms with Gasteiger partial charge in [0.2, 0.25) is 0 Å². The van der Waals surface area contributed by atoms with Gasteiger partial charge in [0.05, 0.1) is 5.02 Å². The van der Waals surface area contributed by atoms with Crippen molar-refractivity contribution < 1.29 is 0 Å². The Hall–Kier alpha value is -0.340. The molecule has 0 bridgehead atoms. The SMILES string of the molecule is CCCSc1ccc(N)cc1Cl. The van der Waals surface area contributed by atoms with E-state index in [2.05, 4.69) is 6.92 Å². The van der Waals surface area contributed by atoms with E-state index in [1.807, 2.05) is 12.1 Å².